The highest BCUT2D eigenvalue weighted by Gasteiger charge is 2.14. The maximum Gasteiger partial charge on any atom is 0.338 e. The van der Waals surface area contributed by atoms with Crippen LogP contribution in [0.2, 0.25) is 0 Å². The summed E-state index contributed by atoms with van der Waals surface area (Å²) in [6.07, 6.45) is 0. The van der Waals surface area contributed by atoms with Crippen LogP contribution in [-0.4, -0.2) is 45.9 Å². The van der Waals surface area contributed by atoms with Gasteiger partial charge in [-0.2, -0.15) is 0 Å². The number of ether oxygens (including phenoxy) is 4. The summed E-state index contributed by atoms with van der Waals surface area (Å²) in [6.45, 7) is 0.759. The van der Waals surface area contributed by atoms with Gasteiger partial charge in [0.15, 0.2) is 18.1 Å². The highest BCUT2D eigenvalue weighted by Crippen LogP contribution is 2.29. The Morgan fingerprint density at radius 2 is 1.78 bits per heavy atom. The van der Waals surface area contributed by atoms with Gasteiger partial charge in [-0.1, -0.05) is 30.3 Å². The van der Waals surface area contributed by atoms with E-state index < -0.39 is 11.9 Å². The van der Waals surface area contributed by atoms with E-state index >= 15 is 0 Å². The van der Waals surface area contributed by atoms with Crippen LogP contribution in [-0.2, 0) is 20.9 Å². The second kappa shape index (κ2) is 10.8. The Hall–Kier alpha value is -3.06. The molecular formula is C20H23NO6. The highest BCUT2D eigenvalue weighted by molar-refractivity contribution is 5.92. The van der Waals surface area contributed by atoms with Crippen LogP contribution >= 0.6 is 0 Å². The molecule has 0 radical (unpaired) electrons. The number of hydrogen-bond acceptors (Lipinski definition) is 6. The number of carbonyl (C=O) groups is 2. The van der Waals surface area contributed by atoms with Gasteiger partial charge in [0.05, 0.1) is 19.3 Å². The van der Waals surface area contributed by atoms with Crippen LogP contribution in [0, 0.1) is 0 Å². The first kappa shape index (κ1) is 20.3. The van der Waals surface area contributed by atoms with E-state index in [0.717, 1.165) is 5.56 Å². The number of benzene rings is 2. The second-order valence-corrected chi connectivity index (χ2v) is 5.56. The van der Waals surface area contributed by atoms with E-state index in [2.05, 4.69) is 5.32 Å². The molecule has 0 spiro atoms. The fraction of sp³-hybridized carbons (Fsp3) is 0.300. The molecule has 0 heterocycles. The number of amides is 1. The lowest BCUT2D eigenvalue weighted by Gasteiger charge is -2.12. The molecule has 0 atom stereocenters. The first-order valence-electron chi connectivity index (χ1n) is 8.41. The Kier molecular flexibility index (Phi) is 8.12. The third kappa shape index (κ3) is 6.63. The van der Waals surface area contributed by atoms with Crippen molar-refractivity contribution in [1.29, 1.82) is 0 Å². The van der Waals surface area contributed by atoms with E-state index in [1.165, 1.54) is 20.3 Å². The summed E-state index contributed by atoms with van der Waals surface area (Å²) < 4.78 is 20.9. The predicted octanol–water partition coefficient (Wildman–Crippen LogP) is 2.19. The molecule has 0 aliphatic rings. The van der Waals surface area contributed by atoms with E-state index in [1.54, 1.807) is 12.1 Å². The number of hydrogen-bond donors (Lipinski definition) is 1. The molecule has 0 unspecified atom stereocenters. The zero-order chi connectivity index (χ0) is 19.5. The van der Waals surface area contributed by atoms with Crippen LogP contribution in [0.15, 0.2) is 48.5 Å². The van der Waals surface area contributed by atoms with Crippen molar-refractivity contribution in [2.75, 3.05) is 34.0 Å². The van der Waals surface area contributed by atoms with Crippen LogP contribution in [0.5, 0.6) is 11.5 Å². The van der Waals surface area contributed by atoms with Crippen molar-refractivity contribution in [3.8, 4) is 11.5 Å². The van der Waals surface area contributed by atoms with Gasteiger partial charge < -0.3 is 24.3 Å². The largest absolute Gasteiger partial charge is 0.493 e. The molecule has 7 heteroatoms. The number of nitrogens with one attached hydrogen (secondary N) is 1. The number of rotatable bonds is 10. The van der Waals surface area contributed by atoms with E-state index in [0.29, 0.717) is 31.3 Å². The first-order chi connectivity index (χ1) is 13.1. The average Bonchev–Trinajstić information content (AvgIpc) is 2.71. The molecule has 144 valence electrons. The van der Waals surface area contributed by atoms with Crippen LogP contribution in [0.3, 0.4) is 0 Å². The molecule has 7 nitrogen and oxygen atoms in total. The Bertz CT molecular complexity index is 747. The quantitative estimate of drug-likeness (QED) is 0.508. The van der Waals surface area contributed by atoms with Crippen molar-refractivity contribution in [3.63, 3.8) is 0 Å². The molecule has 0 aliphatic carbocycles. The van der Waals surface area contributed by atoms with E-state index in [4.69, 9.17) is 18.9 Å². The first-order valence-corrected chi connectivity index (χ1v) is 8.41. The van der Waals surface area contributed by atoms with E-state index in [-0.39, 0.29) is 12.2 Å². The van der Waals surface area contributed by atoms with Crippen LogP contribution in [0.25, 0.3) is 0 Å². The molecule has 2 rings (SSSR count). The fourth-order valence-corrected chi connectivity index (χ4v) is 2.21. The zero-order valence-electron chi connectivity index (χ0n) is 15.4. The summed E-state index contributed by atoms with van der Waals surface area (Å²) in [5, 5.41) is 2.57. The second-order valence-electron chi connectivity index (χ2n) is 5.56. The molecule has 0 saturated heterocycles. The zero-order valence-corrected chi connectivity index (χ0v) is 15.4. The van der Waals surface area contributed by atoms with Crippen molar-refractivity contribution in [2.24, 2.45) is 0 Å². The lowest BCUT2D eigenvalue weighted by Crippen LogP contribution is -2.31. The van der Waals surface area contributed by atoms with Gasteiger partial charge in [0.1, 0.15) is 6.61 Å². The summed E-state index contributed by atoms with van der Waals surface area (Å²) in [4.78, 5) is 23.7. The SMILES string of the molecule is COCCNC(=O)COC(=O)c1ccc(OCc2ccccc2)c(OC)c1. The van der Waals surface area contributed by atoms with Gasteiger partial charge in [0.25, 0.3) is 5.91 Å². The van der Waals surface area contributed by atoms with Gasteiger partial charge in [-0.25, -0.2) is 4.79 Å². The molecule has 0 bridgehead atoms. The number of esters is 1. The average molecular weight is 373 g/mol. The van der Waals surface area contributed by atoms with Crippen molar-refractivity contribution in [2.45, 2.75) is 6.61 Å². The molecule has 0 aliphatic heterocycles. The normalized spacial score (nSPS) is 10.1. The summed E-state index contributed by atoms with van der Waals surface area (Å²) in [5.74, 6) is -0.0971. The lowest BCUT2D eigenvalue weighted by molar-refractivity contribution is -0.124. The van der Waals surface area contributed by atoms with Crippen molar-refractivity contribution in [1.82, 2.24) is 5.32 Å². The molecule has 1 amide bonds. The summed E-state index contributed by atoms with van der Waals surface area (Å²) in [5.41, 5.74) is 1.28. The van der Waals surface area contributed by atoms with Crippen molar-refractivity contribution < 1.29 is 28.5 Å². The minimum Gasteiger partial charge on any atom is -0.493 e. The predicted molar refractivity (Wildman–Crippen MR) is 98.9 cm³/mol. The standard InChI is InChI=1S/C20H23NO6/c1-24-11-10-21-19(22)14-27-20(23)16-8-9-17(18(12-16)25-2)26-13-15-6-4-3-5-7-15/h3-9,12H,10-11,13-14H2,1-2H3,(H,21,22). The van der Waals surface area contributed by atoms with E-state index in [9.17, 15) is 9.59 Å². The van der Waals surface area contributed by atoms with Gasteiger partial charge in [-0.3, -0.25) is 4.79 Å². The molecule has 27 heavy (non-hydrogen) atoms. The summed E-state index contributed by atoms with van der Waals surface area (Å²) in [7, 11) is 3.02. The maximum absolute atomic E-state index is 12.1. The molecule has 0 saturated carbocycles. The third-order valence-electron chi connectivity index (χ3n) is 3.60. The van der Waals surface area contributed by atoms with Gasteiger partial charge in [-0.15, -0.1) is 0 Å². The Balaban J connectivity index is 1.92. The van der Waals surface area contributed by atoms with E-state index in [1.807, 2.05) is 30.3 Å². The molecule has 0 fully saturated rings. The third-order valence-corrected chi connectivity index (χ3v) is 3.60. The summed E-state index contributed by atoms with van der Waals surface area (Å²) >= 11 is 0. The lowest BCUT2D eigenvalue weighted by atomic mass is 10.2. The molecule has 2 aromatic rings. The van der Waals surface area contributed by atoms with Crippen LogP contribution < -0.4 is 14.8 Å². The summed E-state index contributed by atoms with van der Waals surface area (Å²) in [6, 6.07) is 14.4. The minimum absolute atomic E-state index is 0.267. The smallest absolute Gasteiger partial charge is 0.338 e. The van der Waals surface area contributed by atoms with Gasteiger partial charge >= 0.3 is 5.97 Å². The molecule has 0 aromatic heterocycles. The molecule has 1 N–H and O–H groups in total. The Morgan fingerprint density at radius 1 is 1.00 bits per heavy atom. The van der Waals surface area contributed by atoms with Gasteiger partial charge in [0, 0.05) is 13.7 Å². The van der Waals surface area contributed by atoms with Crippen LogP contribution in [0.4, 0.5) is 0 Å². The number of methoxy groups -OCH3 is 2. The topological polar surface area (TPSA) is 83.1 Å². The van der Waals surface area contributed by atoms with Gasteiger partial charge in [-0.05, 0) is 23.8 Å². The molecule has 2 aromatic carbocycles. The number of carbonyl (C=O) groups excluding carboxylic acids is 2. The maximum atomic E-state index is 12.1. The van der Waals surface area contributed by atoms with Crippen molar-refractivity contribution >= 4 is 11.9 Å². The van der Waals surface area contributed by atoms with Crippen molar-refractivity contribution in [3.05, 3.63) is 59.7 Å². The fourth-order valence-electron chi connectivity index (χ4n) is 2.21. The van der Waals surface area contributed by atoms with Crippen LogP contribution in [0.1, 0.15) is 15.9 Å². The highest BCUT2D eigenvalue weighted by atomic mass is 16.5. The molecular weight excluding hydrogens is 350 g/mol. The Morgan fingerprint density at radius 3 is 2.48 bits per heavy atom. The van der Waals surface area contributed by atoms with Gasteiger partial charge in [0.2, 0.25) is 0 Å². The Labute approximate surface area is 158 Å². The monoisotopic (exact) mass is 373 g/mol. The minimum atomic E-state index is -0.621.